The summed E-state index contributed by atoms with van der Waals surface area (Å²) in [4.78, 5) is 25.2. The first-order chi connectivity index (χ1) is 13.2. The van der Waals surface area contributed by atoms with Gasteiger partial charge in [0.25, 0.3) is 0 Å². The number of pyridine rings is 1. The molecule has 6 nitrogen and oxygen atoms in total. The van der Waals surface area contributed by atoms with Crippen molar-refractivity contribution >= 4 is 23.4 Å². The van der Waals surface area contributed by atoms with Crippen LogP contribution in [0.1, 0.15) is 19.3 Å². The summed E-state index contributed by atoms with van der Waals surface area (Å²) in [6, 6.07) is 10.3. The molecule has 0 spiro atoms. The molecule has 2 aliphatic rings. The Morgan fingerprint density at radius 3 is 2.96 bits per heavy atom. The zero-order chi connectivity index (χ0) is 18.6. The summed E-state index contributed by atoms with van der Waals surface area (Å²) in [7, 11) is 0. The molecule has 0 N–H and O–H groups in total. The molecular weight excluding hydrogens is 340 g/mol. The third-order valence-electron chi connectivity index (χ3n) is 5.52. The van der Waals surface area contributed by atoms with E-state index >= 15 is 0 Å². The molecule has 0 saturated carbocycles. The Bertz CT molecular complexity index is 825. The van der Waals surface area contributed by atoms with E-state index < -0.39 is 0 Å². The van der Waals surface area contributed by atoms with Crippen LogP contribution in [-0.2, 0) is 4.79 Å². The SMILES string of the molecule is C=NC[C@@H]1CCCN1C(=O)CN1CC[C@H](Oc2cc3ccccc3cn2)C1. The molecule has 2 fully saturated rings. The number of ether oxygens (including phenoxy) is 1. The largest absolute Gasteiger partial charge is 0.473 e. The second kappa shape index (κ2) is 8.05. The molecule has 0 unspecified atom stereocenters. The van der Waals surface area contributed by atoms with Gasteiger partial charge in [-0.3, -0.25) is 14.7 Å². The molecule has 2 aromatic rings. The van der Waals surface area contributed by atoms with Crippen molar-refractivity contribution in [3.63, 3.8) is 0 Å². The van der Waals surface area contributed by atoms with E-state index in [0.29, 0.717) is 19.0 Å². The van der Waals surface area contributed by atoms with Gasteiger partial charge < -0.3 is 9.64 Å². The minimum Gasteiger partial charge on any atom is -0.473 e. The highest BCUT2D eigenvalue weighted by Gasteiger charge is 2.31. The standard InChI is InChI=1S/C21H26N4O2/c1-22-13-18-7-4-9-25(18)21(26)15-24-10-8-19(14-24)27-20-11-16-5-2-3-6-17(16)12-23-20/h2-3,5-6,11-12,18-19H,1,4,7-10,13-15H2/t18-,19-/m0/s1. The molecule has 0 aliphatic carbocycles. The van der Waals surface area contributed by atoms with Crippen molar-refractivity contribution in [3.05, 3.63) is 36.5 Å². The van der Waals surface area contributed by atoms with Crippen LogP contribution < -0.4 is 4.74 Å². The lowest BCUT2D eigenvalue weighted by Crippen LogP contribution is -2.43. The number of hydrogen-bond donors (Lipinski definition) is 0. The lowest BCUT2D eigenvalue weighted by Gasteiger charge is -2.26. The van der Waals surface area contributed by atoms with Crippen LogP contribution in [0.4, 0.5) is 0 Å². The van der Waals surface area contributed by atoms with Gasteiger partial charge in [0, 0.05) is 37.3 Å². The van der Waals surface area contributed by atoms with Gasteiger partial charge in [-0.25, -0.2) is 4.98 Å². The third kappa shape index (κ3) is 4.11. The number of aromatic nitrogens is 1. The fourth-order valence-corrected chi connectivity index (χ4v) is 4.12. The number of amides is 1. The van der Waals surface area contributed by atoms with E-state index in [1.165, 1.54) is 0 Å². The first-order valence-corrected chi connectivity index (χ1v) is 9.68. The van der Waals surface area contributed by atoms with Gasteiger partial charge in [0.1, 0.15) is 6.10 Å². The highest BCUT2D eigenvalue weighted by Crippen LogP contribution is 2.22. The molecule has 2 atom stereocenters. The zero-order valence-corrected chi connectivity index (χ0v) is 15.6. The van der Waals surface area contributed by atoms with Crippen LogP contribution in [0.5, 0.6) is 5.88 Å². The molecule has 4 rings (SSSR count). The summed E-state index contributed by atoms with van der Waals surface area (Å²) < 4.78 is 6.08. The Balaban J connectivity index is 1.31. The Morgan fingerprint density at radius 2 is 2.11 bits per heavy atom. The van der Waals surface area contributed by atoms with Crippen LogP contribution >= 0.6 is 0 Å². The van der Waals surface area contributed by atoms with E-state index in [9.17, 15) is 4.79 Å². The van der Waals surface area contributed by atoms with E-state index in [1.807, 2.05) is 35.4 Å². The van der Waals surface area contributed by atoms with Crippen molar-refractivity contribution in [1.82, 2.24) is 14.8 Å². The second-order valence-electron chi connectivity index (χ2n) is 7.42. The maximum Gasteiger partial charge on any atom is 0.237 e. The quantitative estimate of drug-likeness (QED) is 0.737. The highest BCUT2D eigenvalue weighted by molar-refractivity contribution is 5.82. The van der Waals surface area contributed by atoms with Gasteiger partial charge >= 0.3 is 0 Å². The topological polar surface area (TPSA) is 58.0 Å². The lowest BCUT2D eigenvalue weighted by molar-refractivity contribution is -0.132. The second-order valence-corrected chi connectivity index (χ2v) is 7.42. The molecule has 0 bridgehead atoms. The van der Waals surface area contributed by atoms with Crippen LogP contribution in [0.15, 0.2) is 41.5 Å². The summed E-state index contributed by atoms with van der Waals surface area (Å²) in [6.07, 6.45) is 4.94. The lowest BCUT2D eigenvalue weighted by atomic mass is 10.2. The summed E-state index contributed by atoms with van der Waals surface area (Å²) in [6.45, 7) is 7.15. The van der Waals surface area contributed by atoms with Crippen molar-refractivity contribution in [2.24, 2.45) is 4.99 Å². The van der Waals surface area contributed by atoms with Gasteiger partial charge in [0.15, 0.2) is 0 Å². The first-order valence-electron chi connectivity index (χ1n) is 9.68. The van der Waals surface area contributed by atoms with E-state index in [-0.39, 0.29) is 18.1 Å². The molecule has 3 heterocycles. The maximum atomic E-state index is 12.7. The maximum absolute atomic E-state index is 12.7. The molecular formula is C21H26N4O2. The molecule has 6 heteroatoms. The fraction of sp³-hybridized carbons (Fsp3) is 0.476. The minimum absolute atomic E-state index is 0.0793. The number of nitrogens with zero attached hydrogens (tertiary/aromatic N) is 4. The summed E-state index contributed by atoms with van der Waals surface area (Å²) in [5.74, 6) is 0.856. The van der Waals surface area contributed by atoms with Crippen LogP contribution in [0.25, 0.3) is 10.8 Å². The Kier molecular flexibility index (Phi) is 5.34. The van der Waals surface area contributed by atoms with Crippen LogP contribution in [0, 0.1) is 0 Å². The zero-order valence-electron chi connectivity index (χ0n) is 15.6. The molecule has 1 aromatic carbocycles. The molecule has 2 saturated heterocycles. The monoisotopic (exact) mass is 366 g/mol. The summed E-state index contributed by atoms with van der Waals surface area (Å²) >= 11 is 0. The molecule has 1 aromatic heterocycles. The number of carbonyl (C=O) groups excluding carboxylic acids is 1. The average Bonchev–Trinajstić information content (AvgIpc) is 3.31. The number of hydrogen-bond acceptors (Lipinski definition) is 5. The number of benzene rings is 1. The number of rotatable bonds is 6. The van der Waals surface area contributed by atoms with Gasteiger partial charge in [0.05, 0.1) is 19.1 Å². The normalized spacial score (nSPS) is 23.0. The molecule has 0 radical (unpaired) electrons. The molecule has 142 valence electrons. The Morgan fingerprint density at radius 1 is 1.26 bits per heavy atom. The molecule has 27 heavy (non-hydrogen) atoms. The van der Waals surface area contributed by atoms with E-state index in [0.717, 1.165) is 49.7 Å². The number of fused-ring (bicyclic) bond motifs is 1. The average molecular weight is 366 g/mol. The van der Waals surface area contributed by atoms with E-state index in [2.05, 4.69) is 27.7 Å². The van der Waals surface area contributed by atoms with Gasteiger partial charge in [0.2, 0.25) is 11.8 Å². The van der Waals surface area contributed by atoms with E-state index in [4.69, 9.17) is 4.74 Å². The predicted molar refractivity (Wildman–Crippen MR) is 106 cm³/mol. The molecule has 2 aliphatic heterocycles. The van der Waals surface area contributed by atoms with Crippen molar-refractivity contribution in [2.45, 2.75) is 31.4 Å². The fourth-order valence-electron chi connectivity index (χ4n) is 4.12. The number of likely N-dealkylation sites (tertiary alicyclic amines) is 2. The van der Waals surface area contributed by atoms with Crippen molar-refractivity contribution in [3.8, 4) is 5.88 Å². The smallest absolute Gasteiger partial charge is 0.237 e. The van der Waals surface area contributed by atoms with Crippen LogP contribution in [0.3, 0.4) is 0 Å². The van der Waals surface area contributed by atoms with Gasteiger partial charge in [-0.1, -0.05) is 24.3 Å². The number of carbonyl (C=O) groups is 1. The Labute approximate surface area is 159 Å². The predicted octanol–water partition coefficient (Wildman–Crippen LogP) is 2.38. The third-order valence-corrected chi connectivity index (χ3v) is 5.52. The Hall–Kier alpha value is -2.47. The van der Waals surface area contributed by atoms with Crippen molar-refractivity contribution in [1.29, 1.82) is 0 Å². The van der Waals surface area contributed by atoms with Crippen LogP contribution in [-0.4, -0.2) is 72.3 Å². The van der Waals surface area contributed by atoms with Gasteiger partial charge in [-0.15, -0.1) is 0 Å². The van der Waals surface area contributed by atoms with Crippen molar-refractivity contribution in [2.75, 3.05) is 32.7 Å². The number of aliphatic imine (C=N–C) groups is 1. The van der Waals surface area contributed by atoms with Crippen LogP contribution in [0.2, 0.25) is 0 Å². The minimum atomic E-state index is 0.0793. The van der Waals surface area contributed by atoms with Gasteiger partial charge in [-0.05, 0) is 31.4 Å². The molecule has 1 amide bonds. The van der Waals surface area contributed by atoms with Crippen molar-refractivity contribution < 1.29 is 9.53 Å². The first kappa shape index (κ1) is 17.9. The highest BCUT2D eigenvalue weighted by atomic mass is 16.5. The summed E-state index contributed by atoms with van der Waals surface area (Å²) in [5, 5.41) is 2.24. The van der Waals surface area contributed by atoms with E-state index in [1.54, 1.807) is 0 Å². The van der Waals surface area contributed by atoms with Gasteiger partial charge in [-0.2, -0.15) is 0 Å². The summed E-state index contributed by atoms with van der Waals surface area (Å²) in [5.41, 5.74) is 0.